The summed E-state index contributed by atoms with van der Waals surface area (Å²) in [6.07, 6.45) is 1.46. The maximum absolute atomic E-state index is 11.0. The van der Waals surface area contributed by atoms with Crippen molar-refractivity contribution in [3.63, 3.8) is 0 Å². The van der Waals surface area contributed by atoms with Crippen LogP contribution in [0.3, 0.4) is 0 Å². The Morgan fingerprint density at radius 1 is 1.28 bits per heavy atom. The van der Waals surface area contributed by atoms with E-state index < -0.39 is 5.97 Å². The zero-order valence-electron chi connectivity index (χ0n) is 9.96. The van der Waals surface area contributed by atoms with Crippen LogP contribution in [0.15, 0.2) is 42.6 Å². The summed E-state index contributed by atoms with van der Waals surface area (Å²) in [7, 11) is 0. The number of aromatic carboxylic acids is 1. The normalized spacial score (nSPS) is 10.1. The molecule has 0 atom stereocenters. The fraction of sp³-hybridized carbons (Fsp3) is 0.143. The fourth-order valence-electron chi connectivity index (χ4n) is 1.62. The number of para-hydroxylation sites is 1. The first kappa shape index (κ1) is 12.1. The van der Waals surface area contributed by atoms with Gasteiger partial charge in [0.05, 0.1) is 0 Å². The quantitative estimate of drug-likeness (QED) is 0.896. The molecule has 0 spiro atoms. The number of carbonyl (C=O) groups is 1. The van der Waals surface area contributed by atoms with Crippen LogP contribution in [0, 0.1) is 6.92 Å². The first-order chi connectivity index (χ1) is 8.68. The van der Waals surface area contributed by atoms with E-state index in [1.54, 1.807) is 12.1 Å². The van der Waals surface area contributed by atoms with Crippen molar-refractivity contribution < 1.29 is 14.6 Å². The molecular weight excluding hydrogens is 230 g/mol. The number of aromatic nitrogens is 1. The second kappa shape index (κ2) is 5.31. The summed E-state index contributed by atoms with van der Waals surface area (Å²) in [6, 6.07) is 11.0. The molecular formula is C14H13NO3. The number of pyridine rings is 1. The van der Waals surface area contributed by atoms with Gasteiger partial charge in [0.15, 0.2) is 5.69 Å². The predicted octanol–water partition coefficient (Wildman–Crippen LogP) is 2.67. The smallest absolute Gasteiger partial charge is 0.354 e. The standard InChI is InChI=1S/C14H13NO3/c1-10-5-2-3-7-12(10)18-9-11-6-4-8-15-13(11)14(16)17/h2-8H,9H2,1H3,(H,16,17). The third kappa shape index (κ3) is 2.66. The van der Waals surface area contributed by atoms with Gasteiger partial charge in [-0.3, -0.25) is 0 Å². The van der Waals surface area contributed by atoms with Crippen LogP contribution in [0.2, 0.25) is 0 Å². The highest BCUT2D eigenvalue weighted by molar-refractivity contribution is 5.86. The fourth-order valence-corrected chi connectivity index (χ4v) is 1.62. The van der Waals surface area contributed by atoms with Crippen LogP contribution in [-0.4, -0.2) is 16.1 Å². The first-order valence-corrected chi connectivity index (χ1v) is 5.54. The molecule has 0 aliphatic carbocycles. The van der Waals surface area contributed by atoms with E-state index in [0.717, 1.165) is 11.3 Å². The first-order valence-electron chi connectivity index (χ1n) is 5.54. The van der Waals surface area contributed by atoms with E-state index >= 15 is 0 Å². The molecule has 1 heterocycles. The van der Waals surface area contributed by atoms with E-state index in [1.165, 1.54) is 6.20 Å². The molecule has 0 aliphatic rings. The number of aryl methyl sites for hydroxylation is 1. The third-order valence-corrected chi connectivity index (χ3v) is 2.57. The lowest BCUT2D eigenvalue weighted by Crippen LogP contribution is -2.08. The van der Waals surface area contributed by atoms with E-state index in [1.807, 2.05) is 31.2 Å². The van der Waals surface area contributed by atoms with Gasteiger partial charge < -0.3 is 9.84 Å². The van der Waals surface area contributed by atoms with Crippen molar-refractivity contribution in [1.82, 2.24) is 4.98 Å². The Labute approximate surface area is 105 Å². The highest BCUT2D eigenvalue weighted by Crippen LogP contribution is 2.18. The molecule has 92 valence electrons. The van der Waals surface area contributed by atoms with Gasteiger partial charge in [0, 0.05) is 11.8 Å². The van der Waals surface area contributed by atoms with E-state index in [2.05, 4.69) is 4.98 Å². The number of rotatable bonds is 4. The van der Waals surface area contributed by atoms with Gasteiger partial charge in [-0.25, -0.2) is 9.78 Å². The number of carboxylic acids is 1. The SMILES string of the molecule is Cc1ccccc1OCc1cccnc1C(=O)O. The van der Waals surface area contributed by atoms with Gasteiger partial charge in [0.2, 0.25) is 0 Å². The van der Waals surface area contributed by atoms with Gasteiger partial charge in [0.25, 0.3) is 0 Å². The molecule has 0 unspecified atom stereocenters. The highest BCUT2D eigenvalue weighted by Gasteiger charge is 2.11. The van der Waals surface area contributed by atoms with Crippen molar-refractivity contribution in [3.05, 3.63) is 59.4 Å². The van der Waals surface area contributed by atoms with Crippen LogP contribution in [0.4, 0.5) is 0 Å². The minimum absolute atomic E-state index is 0.0334. The van der Waals surface area contributed by atoms with E-state index in [0.29, 0.717) is 5.56 Å². The molecule has 4 heteroatoms. The Morgan fingerprint density at radius 2 is 2.06 bits per heavy atom. The number of hydrogen-bond donors (Lipinski definition) is 1. The molecule has 0 amide bonds. The minimum Gasteiger partial charge on any atom is -0.489 e. The van der Waals surface area contributed by atoms with Gasteiger partial charge in [-0.05, 0) is 24.6 Å². The summed E-state index contributed by atoms with van der Waals surface area (Å²) in [5.41, 5.74) is 1.61. The van der Waals surface area contributed by atoms with Gasteiger partial charge in [0.1, 0.15) is 12.4 Å². The Hall–Kier alpha value is -2.36. The van der Waals surface area contributed by atoms with E-state index in [-0.39, 0.29) is 12.3 Å². The summed E-state index contributed by atoms with van der Waals surface area (Å²) in [4.78, 5) is 14.8. The highest BCUT2D eigenvalue weighted by atomic mass is 16.5. The van der Waals surface area contributed by atoms with Crippen molar-refractivity contribution >= 4 is 5.97 Å². The molecule has 0 aliphatic heterocycles. The monoisotopic (exact) mass is 243 g/mol. The molecule has 0 bridgehead atoms. The molecule has 0 saturated carbocycles. The van der Waals surface area contributed by atoms with E-state index in [4.69, 9.17) is 9.84 Å². The largest absolute Gasteiger partial charge is 0.489 e. The maximum atomic E-state index is 11.0. The van der Waals surface area contributed by atoms with Gasteiger partial charge in [-0.1, -0.05) is 24.3 Å². The molecule has 2 aromatic rings. The molecule has 1 aromatic carbocycles. The average molecular weight is 243 g/mol. The summed E-state index contributed by atoms with van der Waals surface area (Å²) < 4.78 is 5.61. The topological polar surface area (TPSA) is 59.4 Å². The lowest BCUT2D eigenvalue weighted by molar-refractivity contribution is 0.0687. The second-order valence-electron chi connectivity index (χ2n) is 3.87. The molecule has 1 N–H and O–H groups in total. The van der Waals surface area contributed by atoms with Crippen LogP contribution >= 0.6 is 0 Å². The number of ether oxygens (including phenoxy) is 1. The molecule has 0 saturated heterocycles. The summed E-state index contributed by atoms with van der Waals surface area (Å²) in [6.45, 7) is 2.14. The van der Waals surface area contributed by atoms with Crippen LogP contribution in [-0.2, 0) is 6.61 Å². The second-order valence-corrected chi connectivity index (χ2v) is 3.87. The van der Waals surface area contributed by atoms with Gasteiger partial charge in [-0.15, -0.1) is 0 Å². The Balaban J connectivity index is 2.16. The van der Waals surface area contributed by atoms with Crippen molar-refractivity contribution in [2.75, 3.05) is 0 Å². The maximum Gasteiger partial charge on any atom is 0.354 e. The summed E-state index contributed by atoms with van der Waals surface area (Å²) >= 11 is 0. The van der Waals surface area contributed by atoms with Crippen molar-refractivity contribution in [3.8, 4) is 5.75 Å². The van der Waals surface area contributed by atoms with Gasteiger partial charge in [-0.2, -0.15) is 0 Å². The third-order valence-electron chi connectivity index (χ3n) is 2.57. The Kier molecular flexibility index (Phi) is 3.57. The van der Waals surface area contributed by atoms with Crippen LogP contribution in [0.25, 0.3) is 0 Å². The van der Waals surface area contributed by atoms with Crippen LogP contribution in [0.5, 0.6) is 5.75 Å². The van der Waals surface area contributed by atoms with Crippen LogP contribution < -0.4 is 4.74 Å². The Bertz CT molecular complexity index is 566. The zero-order chi connectivity index (χ0) is 13.0. The number of carboxylic acid groups (broad SMARTS) is 1. The van der Waals surface area contributed by atoms with Crippen molar-refractivity contribution in [1.29, 1.82) is 0 Å². The average Bonchev–Trinajstić information content (AvgIpc) is 2.38. The molecule has 2 rings (SSSR count). The van der Waals surface area contributed by atoms with Gasteiger partial charge >= 0.3 is 5.97 Å². The summed E-state index contributed by atoms with van der Waals surface area (Å²) in [5.74, 6) is -0.295. The molecule has 0 radical (unpaired) electrons. The summed E-state index contributed by atoms with van der Waals surface area (Å²) in [5, 5.41) is 9.00. The Morgan fingerprint density at radius 3 is 2.78 bits per heavy atom. The van der Waals surface area contributed by atoms with E-state index in [9.17, 15) is 4.79 Å². The molecule has 4 nitrogen and oxygen atoms in total. The zero-order valence-corrected chi connectivity index (χ0v) is 9.96. The molecule has 1 aromatic heterocycles. The molecule has 18 heavy (non-hydrogen) atoms. The predicted molar refractivity (Wildman–Crippen MR) is 66.7 cm³/mol. The lowest BCUT2D eigenvalue weighted by atomic mass is 10.2. The lowest BCUT2D eigenvalue weighted by Gasteiger charge is -2.09. The van der Waals surface area contributed by atoms with Crippen molar-refractivity contribution in [2.24, 2.45) is 0 Å². The van der Waals surface area contributed by atoms with Crippen molar-refractivity contribution in [2.45, 2.75) is 13.5 Å². The minimum atomic E-state index is -1.04. The number of benzene rings is 1. The number of hydrogen-bond acceptors (Lipinski definition) is 3. The van der Waals surface area contributed by atoms with Crippen LogP contribution in [0.1, 0.15) is 21.6 Å². The number of nitrogens with zero attached hydrogens (tertiary/aromatic N) is 1. The molecule has 0 fully saturated rings.